The lowest BCUT2D eigenvalue weighted by Crippen LogP contribution is -2.17. The van der Waals surface area contributed by atoms with E-state index in [2.05, 4.69) is 10.6 Å². The fourth-order valence-electron chi connectivity index (χ4n) is 2.76. The van der Waals surface area contributed by atoms with Crippen LogP contribution in [-0.4, -0.2) is 11.8 Å². The Labute approximate surface area is 175 Å². The third-order valence-electron chi connectivity index (χ3n) is 4.51. The van der Waals surface area contributed by atoms with Gasteiger partial charge >= 0.3 is 0 Å². The second-order valence-corrected chi connectivity index (χ2v) is 7.05. The molecule has 0 bridgehead atoms. The Morgan fingerprint density at radius 2 is 1.59 bits per heavy atom. The molecule has 0 aliphatic carbocycles. The van der Waals surface area contributed by atoms with Crippen LogP contribution in [0, 0.1) is 13.8 Å². The third-order valence-corrected chi connectivity index (χ3v) is 4.86. The smallest absolute Gasteiger partial charge is 0.257 e. The van der Waals surface area contributed by atoms with Gasteiger partial charge in [-0.15, -0.1) is 0 Å². The fraction of sp³-hybridized carbons (Fsp3) is 0.0833. The topological polar surface area (TPSA) is 58.2 Å². The van der Waals surface area contributed by atoms with Gasteiger partial charge in [0.2, 0.25) is 5.91 Å². The number of para-hydroxylation sites is 1. The number of carbonyl (C=O) groups excluding carboxylic acids is 2. The molecule has 0 aliphatic rings. The number of nitrogens with one attached hydrogen (secondary N) is 2. The Morgan fingerprint density at radius 3 is 2.34 bits per heavy atom. The molecular weight excluding hydrogens is 384 g/mol. The molecule has 0 atom stereocenters. The molecule has 5 heteroatoms. The molecule has 0 spiro atoms. The Kier molecular flexibility index (Phi) is 6.47. The summed E-state index contributed by atoms with van der Waals surface area (Å²) in [5.74, 6) is -0.643. The van der Waals surface area contributed by atoms with E-state index >= 15 is 0 Å². The zero-order valence-corrected chi connectivity index (χ0v) is 17.0. The zero-order valence-electron chi connectivity index (χ0n) is 16.2. The number of hydrogen-bond acceptors (Lipinski definition) is 2. The fourth-order valence-corrected chi connectivity index (χ4v) is 2.96. The summed E-state index contributed by atoms with van der Waals surface area (Å²) in [6.07, 6.45) is 3.02. The van der Waals surface area contributed by atoms with Crippen molar-refractivity contribution in [2.24, 2.45) is 0 Å². The molecule has 3 aromatic rings. The molecule has 3 rings (SSSR count). The molecule has 0 radical (unpaired) electrons. The van der Waals surface area contributed by atoms with Crippen LogP contribution >= 0.6 is 11.6 Å². The van der Waals surface area contributed by atoms with Crippen molar-refractivity contribution in [3.8, 4) is 0 Å². The highest BCUT2D eigenvalue weighted by atomic mass is 35.5. The number of aryl methyl sites for hydroxylation is 2. The van der Waals surface area contributed by atoms with Crippen LogP contribution in [0.5, 0.6) is 0 Å². The zero-order chi connectivity index (χ0) is 20.8. The maximum atomic E-state index is 12.7. The van der Waals surface area contributed by atoms with Gasteiger partial charge in [-0.1, -0.05) is 48.0 Å². The summed E-state index contributed by atoms with van der Waals surface area (Å²) in [6, 6.07) is 19.8. The van der Waals surface area contributed by atoms with E-state index in [-0.39, 0.29) is 11.8 Å². The first-order chi connectivity index (χ1) is 13.9. The first-order valence-corrected chi connectivity index (χ1v) is 9.53. The van der Waals surface area contributed by atoms with E-state index in [1.165, 1.54) is 6.08 Å². The van der Waals surface area contributed by atoms with Crippen molar-refractivity contribution in [3.05, 3.63) is 100 Å². The maximum Gasteiger partial charge on any atom is 0.257 e. The van der Waals surface area contributed by atoms with E-state index in [9.17, 15) is 9.59 Å². The molecule has 4 nitrogen and oxygen atoms in total. The highest BCUT2D eigenvalue weighted by Gasteiger charge is 2.13. The van der Waals surface area contributed by atoms with E-state index in [0.29, 0.717) is 22.0 Å². The van der Waals surface area contributed by atoms with Gasteiger partial charge in [-0.25, -0.2) is 0 Å². The minimum Gasteiger partial charge on any atom is -0.322 e. The van der Waals surface area contributed by atoms with Crippen molar-refractivity contribution in [1.82, 2.24) is 0 Å². The average Bonchev–Trinajstić information content (AvgIpc) is 2.70. The largest absolute Gasteiger partial charge is 0.322 e. The summed E-state index contributed by atoms with van der Waals surface area (Å²) < 4.78 is 0. The molecule has 2 N–H and O–H groups in total. The second-order valence-electron chi connectivity index (χ2n) is 6.64. The van der Waals surface area contributed by atoms with Gasteiger partial charge in [0.1, 0.15) is 0 Å². The van der Waals surface area contributed by atoms with Crippen LogP contribution in [0.25, 0.3) is 6.08 Å². The summed E-state index contributed by atoms with van der Waals surface area (Å²) >= 11 is 6.10. The number of carbonyl (C=O) groups is 2. The summed E-state index contributed by atoms with van der Waals surface area (Å²) in [4.78, 5) is 25.1. The number of halogens is 1. The van der Waals surface area contributed by atoms with Gasteiger partial charge in [0.05, 0.1) is 11.3 Å². The number of hydrogen-bond donors (Lipinski definition) is 2. The van der Waals surface area contributed by atoms with E-state index < -0.39 is 0 Å². The lowest BCUT2D eigenvalue weighted by atomic mass is 10.1. The summed E-state index contributed by atoms with van der Waals surface area (Å²) in [7, 11) is 0. The SMILES string of the molecule is Cc1ccc(NC(=O)c2ccccc2NC(=O)C=Cc2ccccc2Cl)cc1C. The molecule has 0 saturated carbocycles. The Morgan fingerprint density at radius 1 is 0.862 bits per heavy atom. The van der Waals surface area contributed by atoms with Crippen molar-refractivity contribution < 1.29 is 9.59 Å². The van der Waals surface area contributed by atoms with E-state index in [1.54, 1.807) is 36.4 Å². The molecule has 3 aromatic carbocycles. The minimum atomic E-state index is -0.351. The van der Waals surface area contributed by atoms with Crippen LogP contribution in [0.4, 0.5) is 11.4 Å². The molecule has 0 saturated heterocycles. The average molecular weight is 405 g/mol. The molecular formula is C24H21ClN2O2. The standard InChI is InChI=1S/C24H21ClN2O2/c1-16-11-13-19(15-17(16)2)26-24(29)20-8-4-6-10-22(20)27-23(28)14-12-18-7-3-5-9-21(18)25/h3-15H,1-2H3,(H,26,29)(H,27,28). The summed E-state index contributed by atoms with van der Waals surface area (Å²) in [5, 5.41) is 6.20. The third kappa shape index (κ3) is 5.33. The minimum absolute atomic E-state index is 0.292. The van der Waals surface area contributed by atoms with Gasteiger partial charge in [-0.3, -0.25) is 9.59 Å². The number of benzene rings is 3. The first kappa shape index (κ1) is 20.4. The molecule has 0 heterocycles. The van der Waals surface area contributed by atoms with Crippen molar-refractivity contribution in [3.63, 3.8) is 0 Å². The number of rotatable bonds is 5. The van der Waals surface area contributed by atoms with E-state index in [1.807, 2.05) is 50.2 Å². The molecule has 29 heavy (non-hydrogen) atoms. The van der Waals surface area contributed by atoms with Crippen molar-refractivity contribution in [2.45, 2.75) is 13.8 Å². The first-order valence-electron chi connectivity index (χ1n) is 9.15. The highest BCUT2D eigenvalue weighted by Crippen LogP contribution is 2.20. The van der Waals surface area contributed by atoms with Crippen LogP contribution in [-0.2, 0) is 4.79 Å². The molecule has 0 aromatic heterocycles. The van der Waals surface area contributed by atoms with Crippen molar-refractivity contribution >= 4 is 40.9 Å². The Bertz CT molecular complexity index is 1090. The molecule has 146 valence electrons. The van der Waals surface area contributed by atoms with Crippen LogP contribution in [0.15, 0.2) is 72.8 Å². The molecule has 0 unspecified atom stereocenters. The highest BCUT2D eigenvalue weighted by molar-refractivity contribution is 6.32. The van der Waals surface area contributed by atoms with Gasteiger partial charge in [-0.05, 0) is 66.9 Å². The lowest BCUT2D eigenvalue weighted by molar-refractivity contribution is -0.111. The summed E-state index contributed by atoms with van der Waals surface area (Å²) in [5.41, 5.74) is 4.51. The van der Waals surface area contributed by atoms with Gasteiger partial charge in [0, 0.05) is 16.8 Å². The van der Waals surface area contributed by atoms with Crippen LogP contribution in [0.3, 0.4) is 0 Å². The second kappa shape index (κ2) is 9.22. The van der Waals surface area contributed by atoms with E-state index in [0.717, 1.165) is 16.7 Å². The van der Waals surface area contributed by atoms with Crippen LogP contribution < -0.4 is 10.6 Å². The van der Waals surface area contributed by atoms with Crippen LogP contribution in [0.2, 0.25) is 5.02 Å². The van der Waals surface area contributed by atoms with Crippen molar-refractivity contribution in [1.29, 1.82) is 0 Å². The van der Waals surface area contributed by atoms with Crippen LogP contribution in [0.1, 0.15) is 27.0 Å². The maximum absolute atomic E-state index is 12.7. The summed E-state index contributed by atoms with van der Waals surface area (Å²) in [6.45, 7) is 4.01. The van der Waals surface area contributed by atoms with Gasteiger partial charge in [0.25, 0.3) is 5.91 Å². The quantitative estimate of drug-likeness (QED) is 0.523. The van der Waals surface area contributed by atoms with Crippen molar-refractivity contribution in [2.75, 3.05) is 10.6 Å². The lowest BCUT2D eigenvalue weighted by Gasteiger charge is -2.11. The molecule has 0 fully saturated rings. The predicted octanol–water partition coefficient (Wildman–Crippen LogP) is 5.86. The Balaban J connectivity index is 1.74. The predicted molar refractivity (Wildman–Crippen MR) is 119 cm³/mol. The van der Waals surface area contributed by atoms with Gasteiger partial charge in [-0.2, -0.15) is 0 Å². The molecule has 2 amide bonds. The van der Waals surface area contributed by atoms with Gasteiger partial charge in [0.15, 0.2) is 0 Å². The van der Waals surface area contributed by atoms with E-state index in [4.69, 9.17) is 11.6 Å². The Hall–Kier alpha value is -3.37. The normalized spacial score (nSPS) is 10.7. The number of amides is 2. The monoisotopic (exact) mass is 404 g/mol. The number of anilines is 2. The van der Waals surface area contributed by atoms with Gasteiger partial charge < -0.3 is 10.6 Å². The molecule has 0 aliphatic heterocycles.